The number of rotatable bonds is 3. The molecule has 36 heavy (non-hydrogen) atoms. The fourth-order valence-electron chi connectivity index (χ4n) is 5.30. The molecule has 0 fully saturated rings. The van der Waals surface area contributed by atoms with Crippen molar-refractivity contribution in [3.05, 3.63) is 132 Å². The Hall–Kier alpha value is -4.33. The Balaban J connectivity index is 1.40. The van der Waals surface area contributed by atoms with Crippen LogP contribution in [-0.4, -0.2) is 0 Å². The summed E-state index contributed by atoms with van der Waals surface area (Å²) in [4.78, 5) is 0. The van der Waals surface area contributed by atoms with Gasteiger partial charge in [0.05, 0.1) is 0 Å². The van der Waals surface area contributed by atoms with E-state index in [0.717, 1.165) is 38.1 Å². The van der Waals surface area contributed by atoms with Crippen molar-refractivity contribution in [3.63, 3.8) is 0 Å². The van der Waals surface area contributed by atoms with Crippen LogP contribution in [-0.2, 0) is 0 Å². The summed E-state index contributed by atoms with van der Waals surface area (Å²) in [7, 11) is 0. The van der Waals surface area contributed by atoms with E-state index in [0.29, 0.717) is 0 Å². The van der Waals surface area contributed by atoms with Crippen molar-refractivity contribution in [2.45, 2.75) is 0 Å². The molecule has 7 aromatic rings. The van der Waals surface area contributed by atoms with Crippen molar-refractivity contribution in [1.82, 2.24) is 0 Å². The van der Waals surface area contributed by atoms with Gasteiger partial charge in [0.25, 0.3) is 0 Å². The van der Waals surface area contributed by atoms with Gasteiger partial charge in [-0.2, -0.15) is 0 Å². The molecule has 1 aromatic heterocycles. The SMILES string of the molecule is Clc1cccc(-c2ccc(-c3ccc(-c4cccc5oc6ccccc6c45)c4ccccc34)cc2)c1. The molecule has 1 nitrogen and oxygen atoms in total. The maximum absolute atomic E-state index is 6.21. The van der Waals surface area contributed by atoms with Crippen LogP contribution in [0.15, 0.2) is 132 Å². The quantitative estimate of drug-likeness (QED) is 0.245. The molecule has 1 heterocycles. The minimum absolute atomic E-state index is 0.749. The second kappa shape index (κ2) is 8.41. The average molecular weight is 481 g/mol. The van der Waals surface area contributed by atoms with Gasteiger partial charge in [-0.25, -0.2) is 0 Å². The fraction of sp³-hybridized carbons (Fsp3) is 0. The monoisotopic (exact) mass is 480 g/mol. The van der Waals surface area contributed by atoms with E-state index in [2.05, 4.69) is 97.1 Å². The van der Waals surface area contributed by atoms with Gasteiger partial charge >= 0.3 is 0 Å². The van der Waals surface area contributed by atoms with Gasteiger partial charge in [-0.05, 0) is 68.4 Å². The third kappa shape index (κ3) is 3.40. The molecule has 6 aromatic carbocycles. The molecule has 0 spiro atoms. The van der Waals surface area contributed by atoms with Gasteiger partial charge in [-0.3, -0.25) is 0 Å². The van der Waals surface area contributed by atoms with Crippen LogP contribution >= 0.6 is 11.6 Å². The summed E-state index contributed by atoms with van der Waals surface area (Å²) in [6.07, 6.45) is 0. The summed E-state index contributed by atoms with van der Waals surface area (Å²) < 4.78 is 6.17. The van der Waals surface area contributed by atoms with Crippen LogP contribution in [0.5, 0.6) is 0 Å². The molecule has 0 aliphatic carbocycles. The van der Waals surface area contributed by atoms with E-state index < -0.39 is 0 Å². The lowest BCUT2D eigenvalue weighted by Gasteiger charge is -2.13. The predicted octanol–water partition coefficient (Wildman–Crippen LogP) is 10.4. The van der Waals surface area contributed by atoms with E-state index in [1.807, 2.05) is 30.3 Å². The first-order valence-corrected chi connectivity index (χ1v) is 12.4. The molecule has 0 amide bonds. The molecule has 0 aliphatic heterocycles. The highest BCUT2D eigenvalue weighted by molar-refractivity contribution is 6.30. The van der Waals surface area contributed by atoms with Crippen LogP contribution in [0.2, 0.25) is 5.02 Å². The molecule has 0 unspecified atom stereocenters. The second-order valence-electron chi connectivity index (χ2n) is 9.07. The van der Waals surface area contributed by atoms with Crippen molar-refractivity contribution in [3.8, 4) is 33.4 Å². The van der Waals surface area contributed by atoms with E-state index >= 15 is 0 Å². The van der Waals surface area contributed by atoms with E-state index in [9.17, 15) is 0 Å². The zero-order valence-corrected chi connectivity index (χ0v) is 20.2. The maximum Gasteiger partial charge on any atom is 0.136 e. The zero-order valence-electron chi connectivity index (χ0n) is 19.4. The Labute approximate surface area is 214 Å². The minimum Gasteiger partial charge on any atom is -0.456 e. The number of para-hydroxylation sites is 1. The van der Waals surface area contributed by atoms with Crippen LogP contribution in [0.25, 0.3) is 66.1 Å². The number of furan rings is 1. The highest BCUT2D eigenvalue weighted by Gasteiger charge is 2.15. The summed E-state index contributed by atoms with van der Waals surface area (Å²) in [5.74, 6) is 0. The van der Waals surface area contributed by atoms with Crippen molar-refractivity contribution in [2.24, 2.45) is 0 Å². The van der Waals surface area contributed by atoms with Crippen LogP contribution in [0.4, 0.5) is 0 Å². The molecule has 0 saturated heterocycles. The summed E-state index contributed by atoms with van der Waals surface area (Å²) in [5.41, 5.74) is 8.92. The summed E-state index contributed by atoms with van der Waals surface area (Å²) in [5, 5.41) is 5.52. The molecule has 0 bridgehead atoms. The average Bonchev–Trinajstić information content (AvgIpc) is 3.32. The Morgan fingerprint density at radius 3 is 1.86 bits per heavy atom. The molecular formula is C34H21ClO. The van der Waals surface area contributed by atoms with E-state index in [4.69, 9.17) is 16.0 Å². The Kier molecular flexibility index (Phi) is 4.90. The van der Waals surface area contributed by atoms with E-state index in [1.54, 1.807) is 0 Å². The van der Waals surface area contributed by atoms with Crippen molar-refractivity contribution in [2.75, 3.05) is 0 Å². The Morgan fingerprint density at radius 1 is 0.417 bits per heavy atom. The summed E-state index contributed by atoms with van der Waals surface area (Å²) in [6.45, 7) is 0. The lowest BCUT2D eigenvalue weighted by atomic mass is 9.90. The number of halogens is 1. The van der Waals surface area contributed by atoms with Gasteiger partial charge in [0.2, 0.25) is 0 Å². The van der Waals surface area contributed by atoms with Crippen molar-refractivity contribution < 1.29 is 4.42 Å². The van der Waals surface area contributed by atoms with Gasteiger partial charge in [0, 0.05) is 15.8 Å². The Morgan fingerprint density at radius 2 is 1.06 bits per heavy atom. The summed E-state index contributed by atoms with van der Waals surface area (Å²) >= 11 is 6.21. The number of hydrogen-bond acceptors (Lipinski definition) is 1. The normalized spacial score (nSPS) is 11.5. The highest BCUT2D eigenvalue weighted by Crippen LogP contribution is 2.41. The molecule has 2 heteroatoms. The van der Waals surface area contributed by atoms with Gasteiger partial charge in [-0.15, -0.1) is 0 Å². The first kappa shape index (κ1) is 21.0. The second-order valence-corrected chi connectivity index (χ2v) is 9.51. The zero-order chi connectivity index (χ0) is 24.1. The third-order valence-electron chi connectivity index (χ3n) is 6.97. The largest absolute Gasteiger partial charge is 0.456 e. The molecular weight excluding hydrogens is 460 g/mol. The standard InChI is InChI=1S/C34H21ClO/c35-25-8-5-7-24(21-25)22-15-17-23(18-16-22)26-19-20-29(28-10-2-1-9-27(26)28)30-12-6-14-33-34(30)31-11-3-4-13-32(31)36-33/h1-21H. The lowest BCUT2D eigenvalue weighted by molar-refractivity contribution is 0.669. The molecule has 0 atom stereocenters. The predicted molar refractivity (Wildman–Crippen MR) is 153 cm³/mol. The van der Waals surface area contributed by atoms with Crippen LogP contribution < -0.4 is 0 Å². The lowest BCUT2D eigenvalue weighted by Crippen LogP contribution is -1.87. The third-order valence-corrected chi connectivity index (χ3v) is 7.21. The number of hydrogen-bond donors (Lipinski definition) is 0. The van der Waals surface area contributed by atoms with Gasteiger partial charge in [-0.1, -0.05) is 115 Å². The topological polar surface area (TPSA) is 13.1 Å². The summed E-state index contributed by atoms with van der Waals surface area (Å²) in [6, 6.07) is 44.5. The van der Waals surface area contributed by atoms with E-state index in [-0.39, 0.29) is 0 Å². The number of benzene rings is 6. The highest BCUT2D eigenvalue weighted by atomic mass is 35.5. The van der Waals surface area contributed by atoms with Crippen molar-refractivity contribution in [1.29, 1.82) is 0 Å². The molecule has 7 rings (SSSR count). The molecule has 0 radical (unpaired) electrons. The fourth-order valence-corrected chi connectivity index (χ4v) is 5.49. The first-order chi connectivity index (χ1) is 17.8. The molecule has 170 valence electrons. The van der Waals surface area contributed by atoms with Crippen LogP contribution in [0.1, 0.15) is 0 Å². The van der Waals surface area contributed by atoms with Crippen LogP contribution in [0, 0.1) is 0 Å². The molecule has 0 saturated carbocycles. The first-order valence-electron chi connectivity index (χ1n) is 12.0. The smallest absolute Gasteiger partial charge is 0.136 e. The molecule has 0 N–H and O–H groups in total. The van der Waals surface area contributed by atoms with Gasteiger partial charge in [0.15, 0.2) is 0 Å². The van der Waals surface area contributed by atoms with Crippen LogP contribution in [0.3, 0.4) is 0 Å². The van der Waals surface area contributed by atoms with Crippen molar-refractivity contribution >= 4 is 44.3 Å². The maximum atomic E-state index is 6.21. The number of fused-ring (bicyclic) bond motifs is 4. The van der Waals surface area contributed by atoms with E-state index in [1.165, 1.54) is 33.0 Å². The minimum atomic E-state index is 0.749. The molecule has 0 aliphatic rings. The Bertz CT molecular complexity index is 1890. The van der Waals surface area contributed by atoms with Gasteiger partial charge in [0.1, 0.15) is 11.2 Å². The van der Waals surface area contributed by atoms with Gasteiger partial charge < -0.3 is 4.42 Å².